The molecule has 0 aliphatic rings. The molecule has 5 nitrogen and oxygen atoms in total. The van der Waals surface area contributed by atoms with E-state index in [1.54, 1.807) is 24.5 Å². The van der Waals surface area contributed by atoms with Crippen LogP contribution in [0.1, 0.15) is 16.1 Å². The van der Waals surface area contributed by atoms with Gasteiger partial charge in [0.05, 0.1) is 11.9 Å². The van der Waals surface area contributed by atoms with E-state index in [0.29, 0.717) is 6.54 Å². The minimum absolute atomic E-state index is 0.158. The van der Waals surface area contributed by atoms with Crippen molar-refractivity contribution in [2.24, 2.45) is 0 Å². The van der Waals surface area contributed by atoms with Crippen LogP contribution in [0.25, 0.3) is 0 Å². The summed E-state index contributed by atoms with van der Waals surface area (Å²) in [5.41, 5.74) is 2.14. The molecule has 7 heteroatoms. The Morgan fingerprint density at radius 2 is 1.72 bits per heavy atom. The van der Waals surface area contributed by atoms with Crippen LogP contribution in [0.3, 0.4) is 0 Å². The van der Waals surface area contributed by atoms with E-state index in [1.165, 1.54) is 12.3 Å². The molecule has 0 fully saturated rings. The van der Waals surface area contributed by atoms with Crippen LogP contribution in [-0.2, 0) is 6.54 Å². The zero-order chi connectivity index (χ0) is 17.6. The molecule has 1 amide bonds. The number of nitrogens with one attached hydrogen (secondary N) is 2. The number of amides is 1. The predicted octanol–water partition coefficient (Wildman–Crippen LogP) is 3.62. The van der Waals surface area contributed by atoms with Crippen LogP contribution in [0.4, 0.5) is 20.2 Å². The normalized spacial score (nSPS) is 10.3. The van der Waals surface area contributed by atoms with E-state index < -0.39 is 17.5 Å². The number of hydrogen-bond acceptors (Lipinski definition) is 4. The van der Waals surface area contributed by atoms with Gasteiger partial charge in [0, 0.05) is 30.7 Å². The molecule has 1 aromatic carbocycles. The van der Waals surface area contributed by atoms with Crippen molar-refractivity contribution in [1.82, 2.24) is 9.97 Å². The van der Waals surface area contributed by atoms with E-state index in [-0.39, 0.29) is 11.4 Å². The summed E-state index contributed by atoms with van der Waals surface area (Å²) in [5.74, 6) is -2.51. The number of carbonyl (C=O) groups excluding carboxylic acids is 1. The Hall–Kier alpha value is -3.35. The van der Waals surface area contributed by atoms with Gasteiger partial charge in [0.15, 0.2) is 11.6 Å². The van der Waals surface area contributed by atoms with Crippen LogP contribution < -0.4 is 10.6 Å². The summed E-state index contributed by atoms with van der Waals surface area (Å²) in [4.78, 5) is 20.1. The molecule has 0 aliphatic carbocycles. The standard InChI is InChI=1S/C18H14F2N4O/c19-15-3-1-13(9-16(15)20)24-18(25)17-4-2-14(11-23-17)22-10-12-5-7-21-8-6-12/h1-9,11,22H,10H2,(H,24,25). The average Bonchev–Trinajstić information content (AvgIpc) is 2.64. The largest absolute Gasteiger partial charge is 0.380 e. The van der Waals surface area contributed by atoms with Crippen LogP contribution in [0.2, 0.25) is 0 Å². The van der Waals surface area contributed by atoms with Gasteiger partial charge in [-0.1, -0.05) is 0 Å². The maximum atomic E-state index is 13.2. The van der Waals surface area contributed by atoms with Crippen LogP contribution in [0, 0.1) is 11.6 Å². The zero-order valence-corrected chi connectivity index (χ0v) is 13.0. The first kappa shape index (κ1) is 16.5. The summed E-state index contributed by atoms with van der Waals surface area (Å²) in [6.07, 6.45) is 4.95. The Bertz CT molecular complexity index is 870. The highest BCUT2D eigenvalue weighted by Crippen LogP contribution is 2.15. The van der Waals surface area contributed by atoms with Crippen LogP contribution in [-0.4, -0.2) is 15.9 Å². The number of rotatable bonds is 5. The highest BCUT2D eigenvalue weighted by molar-refractivity contribution is 6.02. The van der Waals surface area contributed by atoms with Crippen molar-refractivity contribution in [2.45, 2.75) is 6.54 Å². The Morgan fingerprint density at radius 3 is 2.40 bits per heavy atom. The molecule has 3 rings (SSSR count). The molecule has 25 heavy (non-hydrogen) atoms. The maximum Gasteiger partial charge on any atom is 0.274 e. The second-order valence-electron chi connectivity index (χ2n) is 5.22. The minimum Gasteiger partial charge on any atom is -0.380 e. The summed E-state index contributed by atoms with van der Waals surface area (Å²) >= 11 is 0. The van der Waals surface area contributed by atoms with E-state index in [2.05, 4.69) is 20.6 Å². The second-order valence-corrected chi connectivity index (χ2v) is 5.22. The molecule has 0 saturated heterocycles. The van der Waals surface area contributed by atoms with E-state index in [4.69, 9.17) is 0 Å². The average molecular weight is 340 g/mol. The number of nitrogens with zero attached hydrogens (tertiary/aromatic N) is 2. The first-order valence-corrected chi connectivity index (χ1v) is 7.47. The highest BCUT2D eigenvalue weighted by atomic mass is 19.2. The topological polar surface area (TPSA) is 66.9 Å². The molecule has 0 radical (unpaired) electrons. The third-order valence-electron chi connectivity index (χ3n) is 3.42. The van der Waals surface area contributed by atoms with Gasteiger partial charge in [-0.2, -0.15) is 0 Å². The van der Waals surface area contributed by atoms with Crippen LogP contribution in [0.15, 0.2) is 61.1 Å². The lowest BCUT2D eigenvalue weighted by atomic mass is 10.2. The first-order chi connectivity index (χ1) is 12.1. The number of benzene rings is 1. The molecule has 0 spiro atoms. The third kappa shape index (κ3) is 4.35. The summed E-state index contributed by atoms with van der Waals surface area (Å²) in [6.45, 7) is 0.602. The summed E-state index contributed by atoms with van der Waals surface area (Å²) in [6, 6.07) is 10.2. The fourth-order valence-corrected chi connectivity index (χ4v) is 2.11. The summed E-state index contributed by atoms with van der Waals surface area (Å²) in [7, 11) is 0. The number of pyridine rings is 2. The van der Waals surface area contributed by atoms with Gasteiger partial charge in [0.2, 0.25) is 0 Å². The highest BCUT2D eigenvalue weighted by Gasteiger charge is 2.09. The van der Waals surface area contributed by atoms with E-state index >= 15 is 0 Å². The lowest BCUT2D eigenvalue weighted by Gasteiger charge is -2.08. The molecular formula is C18H14F2N4O. The minimum atomic E-state index is -1.03. The van der Waals surface area contributed by atoms with Crippen LogP contribution >= 0.6 is 0 Å². The Morgan fingerprint density at radius 1 is 0.960 bits per heavy atom. The molecule has 2 N–H and O–H groups in total. The Kier molecular flexibility index (Phi) is 4.94. The number of anilines is 2. The zero-order valence-electron chi connectivity index (χ0n) is 13.0. The number of hydrogen-bond donors (Lipinski definition) is 2. The Labute approximate surface area is 142 Å². The van der Waals surface area contributed by atoms with Crippen LogP contribution in [0.5, 0.6) is 0 Å². The SMILES string of the molecule is O=C(Nc1ccc(F)c(F)c1)c1ccc(NCc2ccncc2)cn1. The number of aromatic nitrogens is 2. The molecule has 0 unspecified atom stereocenters. The Balaban J connectivity index is 1.61. The van der Waals surface area contributed by atoms with Crippen molar-refractivity contribution < 1.29 is 13.6 Å². The fraction of sp³-hybridized carbons (Fsp3) is 0.0556. The summed E-state index contributed by atoms with van der Waals surface area (Å²) < 4.78 is 26.0. The van der Waals surface area contributed by atoms with Gasteiger partial charge in [0.25, 0.3) is 5.91 Å². The second kappa shape index (κ2) is 7.48. The molecule has 126 valence electrons. The van der Waals surface area contributed by atoms with Gasteiger partial charge < -0.3 is 10.6 Å². The van der Waals surface area contributed by atoms with Crippen molar-refractivity contribution in [2.75, 3.05) is 10.6 Å². The smallest absolute Gasteiger partial charge is 0.274 e. The molecule has 2 heterocycles. The van der Waals surface area contributed by atoms with Gasteiger partial charge >= 0.3 is 0 Å². The third-order valence-corrected chi connectivity index (χ3v) is 3.42. The number of halogens is 2. The van der Waals surface area contributed by atoms with E-state index in [0.717, 1.165) is 23.4 Å². The van der Waals surface area contributed by atoms with E-state index in [1.807, 2.05) is 12.1 Å². The van der Waals surface area contributed by atoms with Gasteiger partial charge in [-0.25, -0.2) is 13.8 Å². The van der Waals surface area contributed by atoms with E-state index in [9.17, 15) is 13.6 Å². The van der Waals surface area contributed by atoms with Crippen molar-refractivity contribution in [1.29, 1.82) is 0 Å². The lowest BCUT2D eigenvalue weighted by Crippen LogP contribution is -2.14. The first-order valence-electron chi connectivity index (χ1n) is 7.47. The van der Waals surface area contributed by atoms with Gasteiger partial charge in [-0.15, -0.1) is 0 Å². The van der Waals surface area contributed by atoms with Crippen molar-refractivity contribution in [3.63, 3.8) is 0 Å². The van der Waals surface area contributed by atoms with Crippen molar-refractivity contribution >= 4 is 17.3 Å². The quantitative estimate of drug-likeness (QED) is 0.744. The van der Waals surface area contributed by atoms with Gasteiger partial charge in [0.1, 0.15) is 5.69 Å². The maximum absolute atomic E-state index is 13.2. The summed E-state index contributed by atoms with van der Waals surface area (Å²) in [5, 5.41) is 5.65. The molecule has 3 aromatic rings. The molecular weight excluding hydrogens is 326 g/mol. The molecule has 0 atom stereocenters. The number of carbonyl (C=O) groups is 1. The molecule has 0 saturated carbocycles. The molecule has 2 aromatic heterocycles. The predicted molar refractivity (Wildman–Crippen MR) is 90.1 cm³/mol. The fourth-order valence-electron chi connectivity index (χ4n) is 2.11. The molecule has 0 bridgehead atoms. The van der Waals surface area contributed by atoms with Gasteiger partial charge in [-0.05, 0) is 42.0 Å². The monoisotopic (exact) mass is 340 g/mol. The van der Waals surface area contributed by atoms with Crippen molar-refractivity contribution in [3.8, 4) is 0 Å². The molecule has 0 aliphatic heterocycles. The van der Waals surface area contributed by atoms with Crippen molar-refractivity contribution in [3.05, 3.63) is 83.9 Å². The lowest BCUT2D eigenvalue weighted by molar-refractivity contribution is 0.102. The van der Waals surface area contributed by atoms with Gasteiger partial charge in [-0.3, -0.25) is 9.78 Å².